The largest absolute Gasteiger partial charge is 0.496 e. The van der Waals surface area contributed by atoms with Gasteiger partial charge in [0.05, 0.1) is 19.1 Å². The second-order valence-electron chi connectivity index (χ2n) is 6.41. The van der Waals surface area contributed by atoms with E-state index in [2.05, 4.69) is 12.2 Å². The van der Waals surface area contributed by atoms with Crippen LogP contribution in [0.25, 0.3) is 0 Å². The Morgan fingerprint density at radius 3 is 2.68 bits per heavy atom. The quantitative estimate of drug-likeness (QED) is 0.849. The minimum absolute atomic E-state index is 0.0638. The van der Waals surface area contributed by atoms with Gasteiger partial charge in [-0.25, -0.2) is 0 Å². The highest BCUT2D eigenvalue weighted by atomic mass is 16.5. The van der Waals surface area contributed by atoms with E-state index in [1.807, 2.05) is 24.3 Å². The third kappa shape index (κ3) is 4.47. The summed E-state index contributed by atoms with van der Waals surface area (Å²) in [7, 11) is 1.66. The number of hydrogen-bond acceptors (Lipinski definition) is 3. The summed E-state index contributed by atoms with van der Waals surface area (Å²) in [6.45, 7) is 2.61. The molecule has 0 bridgehead atoms. The van der Waals surface area contributed by atoms with Gasteiger partial charge < -0.3 is 15.2 Å². The molecule has 122 valence electrons. The number of carbonyl (C=O) groups excluding carboxylic acids is 1. The fraction of sp³-hybridized carbons (Fsp3) is 0.611. The van der Waals surface area contributed by atoms with Crippen LogP contribution in [-0.4, -0.2) is 30.3 Å². The van der Waals surface area contributed by atoms with Crippen molar-refractivity contribution < 1.29 is 14.6 Å². The summed E-state index contributed by atoms with van der Waals surface area (Å²) in [6, 6.07) is 7.86. The lowest BCUT2D eigenvalue weighted by Crippen LogP contribution is -2.39. The lowest BCUT2D eigenvalue weighted by molar-refractivity contribution is -0.127. The summed E-state index contributed by atoms with van der Waals surface area (Å²) in [5, 5.41) is 13.4. The number of amides is 1. The van der Waals surface area contributed by atoms with E-state index in [0.717, 1.165) is 43.4 Å². The molecule has 1 aliphatic rings. The van der Waals surface area contributed by atoms with E-state index in [0.29, 0.717) is 6.54 Å². The number of rotatable bonds is 6. The minimum atomic E-state index is -0.796. The number of nitrogens with one attached hydrogen (secondary N) is 1. The highest BCUT2D eigenvalue weighted by molar-refractivity contribution is 5.77. The normalized spacial score (nSPS) is 18.5. The van der Waals surface area contributed by atoms with Gasteiger partial charge in [0.25, 0.3) is 0 Å². The average molecular weight is 305 g/mol. The second-order valence-corrected chi connectivity index (χ2v) is 6.41. The zero-order chi connectivity index (χ0) is 16.0. The molecule has 0 radical (unpaired) electrons. The Balaban J connectivity index is 1.85. The van der Waals surface area contributed by atoms with Gasteiger partial charge in [0.2, 0.25) is 5.91 Å². The summed E-state index contributed by atoms with van der Waals surface area (Å²) in [5.41, 5.74) is 0.289. The van der Waals surface area contributed by atoms with Crippen LogP contribution < -0.4 is 10.1 Å². The fourth-order valence-electron chi connectivity index (χ4n) is 3.20. The van der Waals surface area contributed by atoms with Crippen LogP contribution in [0.15, 0.2) is 24.3 Å². The summed E-state index contributed by atoms with van der Waals surface area (Å²) in [6.07, 6.45) is 4.88. The van der Waals surface area contributed by atoms with Crippen LogP contribution in [-0.2, 0) is 4.79 Å². The molecule has 0 heterocycles. The Labute approximate surface area is 132 Å². The standard InChI is InChI=1S/C18H27NO3/c1-14(15-8-4-5-9-16(15)22-2)13-19-17(20)12-18(21)10-6-3-7-11-18/h4-5,8-9,14,21H,3,6-7,10-13H2,1-2H3,(H,19,20). The second kappa shape index (κ2) is 7.63. The Kier molecular flexibility index (Phi) is 5.83. The first-order chi connectivity index (χ1) is 10.5. The molecule has 1 amide bonds. The molecule has 1 fully saturated rings. The molecule has 4 heteroatoms. The van der Waals surface area contributed by atoms with Crippen LogP contribution in [0, 0.1) is 0 Å². The molecule has 22 heavy (non-hydrogen) atoms. The van der Waals surface area contributed by atoms with Crippen molar-refractivity contribution in [3.05, 3.63) is 29.8 Å². The molecule has 1 aliphatic carbocycles. The fourth-order valence-corrected chi connectivity index (χ4v) is 3.20. The smallest absolute Gasteiger partial charge is 0.222 e. The van der Waals surface area contributed by atoms with E-state index in [1.165, 1.54) is 0 Å². The summed E-state index contributed by atoms with van der Waals surface area (Å²) >= 11 is 0. The molecule has 4 nitrogen and oxygen atoms in total. The summed E-state index contributed by atoms with van der Waals surface area (Å²) < 4.78 is 5.36. The van der Waals surface area contributed by atoms with Gasteiger partial charge in [-0.3, -0.25) is 4.79 Å². The van der Waals surface area contributed by atoms with Crippen molar-refractivity contribution in [1.29, 1.82) is 0 Å². The van der Waals surface area contributed by atoms with E-state index in [-0.39, 0.29) is 18.2 Å². The molecule has 0 spiro atoms. The minimum Gasteiger partial charge on any atom is -0.496 e. The van der Waals surface area contributed by atoms with E-state index in [1.54, 1.807) is 7.11 Å². The van der Waals surface area contributed by atoms with Gasteiger partial charge in [0.1, 0.15) is 5.75 Å². The van der Waals surface area contributed by atoms with Crippen LogP contribution in [0.2, 0.25) is 0 Å². The van der Waals surface area contributed by atoms with Crippen molar-refractivity contribution in [2.24, 2.45) is 0 Å². The molecule has 1 atom stereocenters. The van der Waals surface area contributed by atoms with Gasteiger partial charge in [-0.2, -0.15) is 0 Å². The predicted molar refractivity (Wildman–Crippen MR) is 87.1 cm³/mol. The number of aliphatic hydroxyl groups is 1. The molecule has 2 rings (SSSR count). The monoisotopic (exact) mass is 305 g/mol. The molecule has 2 N–H and O–H groups in total. The van der Waals surface area contributed by atoms with Crippen molar-refractivity contribution >= 4 is 5.91 Å². The molecule has 1 aromatic rings. The third-order valence-corrected chi connectivity index (χ3v) is 4.55. The zero-order valence-electron chi connectivity index (χ0n) is 13.6. The predicted octanol–water partition coefficient (Wildman–Crippen LogP) is 3.00. The third-order valence-electron chi connectivity index (χ3n) is 4.55. The number of hydrogen-bond donors (Lipinski definition) is 2. The number of carbonyl (C=O) groups is 1. The van der Waals surface area contributed by atoms with Gasteiger partial charge in [-0.15, -0.1) is 0 Å². The molecular formula is C18H27NO3. The number of benzene rings is 1. The maximum Gasteiger partial charge on any atom is 0.222 e. The van der Waals surface area contributed by atoms with Gasteiger partial charge in [-0.1, -0.05) is 44.4 Å². The lowest BCUT2D eigenvalue weighted by Gasteiger charge is -2.31. The van der Waals surface area contributed by atoms with Gasteiger partial charge in [0.15, 0.2) is 0 Å². The van der Waals surface area contributed by atoms with Gasteiger partial charge in [-0.05, 0) is 24.5 Å². The van der Waals surface area contributed by atoms with E-state index in [4.69, 9.17) is 4.74 Å². The molecule has 0 aliphatic heterocycles. The van der Waals surface area contributed by atoms with E-state index in [9.17, 15) is 9.90 Å². The number of ether oxygens (including phenoxy) is 1. The zero-order valence-corrected chi connectivity index (χ0v) is 13.6. The van der Waals surface area contributed by atoms with Crippen molar-refractivity contribution in [2.45, 2.75) is 57.0 Å². The Morgan fingerprint density at radius 1 is 1.32 bits per heavy atom. The SMILES string of the molecule is COc1ccccc1C(C)CNC(=O)CC1(O)CCCCC1. The van der Waals surface area contributed by atoms with E-state index >= 15 is 0 Å². The first-order valence-corrected chi connectivity index (χ1v) is 8.16. The molecule has 1 unspecified atom stereocenters. The maximum absolute atomic E-state index is 12.1. The van der Waals surface area contributed by atoms with Crippen molar-refractivity contribution in [3.8, 4) is 5.75 Å². The Hall–Kier alpha value is -1.55. The molecular weight excluding hydrogens is 278 g/mol. The number of methoxy groups -OCH3 is 1. The van der Waals surface area contributed by atoms with Crippen LogP contribution in [0.3, 0.4) is 0 Å². The van der Waals surface area contributed by atoms with E-state index < -0.39 is 5.60 Å². The molecule has 1 saturated carbocycles. The van der Waals surface area contributed by atoms with Crippen molar-refractivity contribution in [2.75, 3.05) is 13.7 Å². The molecule has 0 aromatic heterocycles. The highest BCUT2D eigenvalue weighted by Crippen LogP contribution is 2.31. The van der Waals surface area contributed by atoms with Crippen LogP contribution >= 0.6 is 0 Å². The lowest BCUT2D eigenvalue weighted by atomic mass is 9.82. The Morgan fingerprint density at radius 2 is 2.00 bits per heavy atom. The van der Waals surface area contributed by atoms with Crippen LogP contribution in [0.5, 0.6) is 5.75 Å². The molecule has 1 aromatic carbocycles. The first-order valence-electron chi connectivity index (χ1n) is 8.16. The summed E-state index contributed by atoms with van der Waals surface area (Å²) in [4.78, 5) is 12.1. The van der Waals surface area contributed by atoms with Gasteiger partial charge >= 0.3 is 0 Å². The van der Waals surface area contributed by atoms with Gasteiger partial charge in [0, 0.05) is 12.5 Å². The summed E-state index contributed by atoms with van der Waals surface area (Å²) in [5.74, 6) is 0.947. The van der Waals surface area contributed by atoms with Crippen molar-refractivity contribution in [3.63, 3.8) is 0 Å². The number of para-hydroxylation sites is 1. The average Bonchev–Trinajstić information content (AvgIpc) is 2.52. The van der Waals surface area contributed by atoms with Crippen LogP contribution in [0.1, 0.15) is 56.9 Å². The maximum atomic E-state index is 12.1. The highest BCUT2D eigenvalue weighted by Gasteiger charge is 2.31. The first kappa shape index (κ1) is 16.8. The topological polar surface area (TPSA) is 58.6 Å². The molecule has 0 saturated heterocycles. The van der Waals surface area contributed by atoms with Crippen molar-refractivity contribution in [1.82, 2.24) is 5.32 Å². The Bertz CT molecular complexity index is 495. The van der Waals surface area contributed by atoms with Crippen LogP contribution in [0.4, 0.5) is 0 Å².